The van der Waals surface area contributed by atoms with Crippen LogP contribution in [0.25, 0.3) is 0 Å². The number of carbonyl (C=O) groups excluding carboxylic acids is 2. The first kappa shape index (κ1) is 21.0. The molecule has 2 amide bonds. The molecule has 8 nitrogen and oxygen atoms in total. The van der Waals surface area contributed by atoms with Gasteiger partial charge >= 0.3 is 0 Å². The number of nitrogens with zero attached hydrogens (tertiary/aromatic N) is 2. The maximum Gasteiger partial charge on any atom is 0.264 e. The fourth-order valence-corrected chi connectivity index (χ4v) is 4.00. The van der Waals surface area contributed by atoms with Crippen LogP contribution in [0.15, 0.2) is 53.4 Å². The lowest BCUT2D eigenvalue weighted by molar-refractivity contribution is -0.117. The van der Waals surface area contributed by atoms with Gasteiger partial charge in [0.05, 0.1) is 12.0 Å². The minimum atomic E-state index is -3.75. The van der Waals surface area contributed by atoms with Crippen molar-refractivity contribution in [2.75, 3.05) is 25.6 Å². The van der Waals surface area contributed by atoms with E-state index < -0.39 is 10.0 Å². The summed E-state index contributed by atoms with van der Waals surface area (Å²) in [7, 11) is -1.20. The Kier molecular flexibility index (Phi) is 6.31. The number of hydrogen-bond acceptors (Lipinski definition) is 5. The third-order valence-corrected chi connectivity index (χ3v) is 6.48. The number of carbonyl (C=O) groups is 2. The second-order valence-electron chi connectivity index (χ2n) is 6.62. The van der Waals surface area contributed by atoms with Crippen molar-refractivity contribution in [3.8, 4) is 0 Å². The average Bonchev–Trinajstić information content (AvgIpc) is 3.17. The van der Waals surface area contributed by atoms with Crippen molar-refractivity contribution in [1.82, 2.24) is 9.79 Å². The Morgan fingerprint density at radius 3 is 2.34 bits per heavy atom. The molecule has 0 aliphatic carbocycles. The first-order chi connectivity index (χ1) is 13.8. The molecule has 0 radical (unpaired) electrons. The van der Waals surface area contributed by atoms with E-state index in [1.807, 2.05) is 24.3 Å². The van der Waals surface area contributed by atoms with E-state index in [1.54, 1.807) is 4.90 Å². The van der Waals surface area contributed by atoms with Gasteiger partial charge in [-0.2, -0.15) is 0 Å². The zero-order valence-corrected chi connectivity index (χ0v) is 17.1. The molecule has 0 bridgehead atoms. The molecule has 1 heterocycles. The van der Waals surface area contributed by atoms with Crippen LogP contribution in [-0.4, -0.2) is 45.4 Å². The third-order valence-electron chi connectivity index (χ3n) is 4.78. The fourth-order valence-electron chi connectivity index (χ4n) is 3.02. The fraction of sp³-hybridized carbons (Fsp3) is 0.300. The Hall–Kier alpha value is -2.75. The summed E-state index contributed by atoms with van der Waals surface area (Å²) < 4.78 is 25.1. The predicted molar refractivity (Wildman–Crippen MR) is 108 cm³/mol. The minimum absolute atomic E-state index is 0.0328. The number of amides is 2. The number of nitrogens with one attached hydrogen (secondary N) is 1. The largest absolute Gasteiger partial charge is 0.348 e. The first-order valence-electron chi connectivity index (χ1n) is 9.13. The predicted octanol–water partition coefficient (Wildman–Crippen LogP) is 1.93. The smallest absolute Gasteiger partial charge is 0.264 e. The summed E-state index contributed by atoms with van der Waals surface area (Å²) in [6.45, 7) is 1.06. The van der Waals surface area contributed by atoms with Crippen LogP contribution in [0.3, 0.4) is 0 Å². The highest BCUT2D eigenvalue weighted by Crippen LogP contribution is 2.21. The van der Waals surface area contributed by atoms with Crippen LogP contribution in [-0.2, 0) is 26.2 Å². The molecule has 0 saturated carbocycles. The number of hydroxylamine groups is 1. The lowest BCUT2D eigenvalue weighted by Crippen LogP contribution is -2.26. The third kappa shape index (κ3) is 4.64. The highest BCUT2D eigenvalue weighted by molar-refractivity contribution is 7.89. The standard InChI is InChI=1S/C20H23N3O5S/c1-22(28-2)29(26,27)18-11-7-16(8-12-18)20(25)21-14-15-5-9-17(10-6-15)23-13-3-4-19(23)24/h5-12H,3-4,13-14H2,1-2H3,(H,21,25). The lowest BCUT2D eigenvalue weighted by atomic mass is 10.1. The summed E-state index contributed by atoms with van der Waals surface area (Å²) >= 11 is 0. The van der Waals surface area contributed by atoms with E-state index in [0.29, 0.717) is 18.5 Å². The summed E-state index contributed by atoms with van der Waals surface area (Å²) in [5, 5.41) is 2.80. The Morgan fingerprint density at radius 2 is 1.79 bits per heavy atom. The normalized spacial score (nSPS) is 14.4. The van der Waals surface area contributed by atoms with Crippen molar-refractivity contribution in [1.29, 1.82) is 0 Å². The van der Waals surface area contributed by atoms with Crippen molar-refractivity contribution >= 4 is 27.5 Å². The van der Waals surface area contributed by atoms with Crippen LogP contribution in [0.5, 0.6) is 0 Å². The van der Waals surface area contributed by atoms with Gasteiger partial charge in [0.25, 0.3) is 15.9 Å². The second kappa shape index (κ2) is 8.73. The maximum atomic E-state index is 12.3. The molecule has 9 heteroatoms. The Bertz CT molecular complexity index is 988. The van der Waals surface area contributed by atoms with E-state index >= 15 is 0 Å². The molecule has 1 aliphatic rings. The van der Waals surface area contributed by atoms with Gasteiger partial charge in [-0.05, 0) is 48.4 Å². The summed E-state index contributed by atoms with van der Waals surface area (Å²) in [4.78, 5) is 30.7. The maximum absolute atomic E-state index is 12.3. The lowest BCUT2D eigenvalue weighted by Gasteiger charge is -2.16. The second-order valence-corrected chi connectivity index (χ2v) is 8.56. The summed E-state index contributed by atoms with van der Waals surface area (Å²) in [5.41, 5.74) is 2.11. The molecular formula is C20H23N3O5S. The Labute approximate surface area is 170 Å². The topological polar surface area (TPSA) is 96.0 Å². The van der Waals surface area contributed by atoms with Crippen LogP contribution in [0.2, 0.25) is 0 Å². The SMILES string of the molecule is CON(C)S(=O)(=O)c1ccc(C(=O)NCc2ccc(N3CCCC3=O)cc2)cc1. The van der Waals surface area contributed by atoms with Crippen molar-refractivity contribution < 1.29 is 22.8 Å². The number of sulfonamides is 1. The van der Waals surface area contributed by atoms with E-state index in [2.05, 4.69) is 5.32 Å². The van der Waals surface area contributed by atoms with E-state index in [9.17, 15) is 18.0 Å². The number of anilines is 1. The van der Waals surface area contributed by atoms with Gasteiger partial charge in [-0.15, -0.1) is 0 Å². The van der Waals surface area contributed by atoms with E-state index in [1.165, 1.54) is 38.4 Å². The van der Waals surface area contributed by atoms with Crippen molar-refractivity contribution in [3.05, 3.63) is 59.7 Å². The Morgan fingerprint density at radius 1 is 1.14 bits per heavy atom. The zero-order chi connectivity index (χ0) is 21.0. The minimum Gasteiger partial charge on any atom is -0.348 e. The molecule has 1 saturated heterocycles. The van der Waals surface area contributed by atoms with Crippen LogP contribution < -0.4 is 10.2 Å². The molecule has 1 aliphatic heterocycles. The molecule has 2 aromatic rings. The summed E-state index contributed by atoms with van der Waals surface area (Å²) in [6, 6.07) is 13.1. The van der Waals surface area contributed by atoms with E-state index in [-0.39, 0.29) is 16.7 Å². The van der Waals surface area contributed by atoms with Crippen LogP contribution in [0.4, 0.5) is 5.69 Å². The number of rotatable bonds is 7. The molecule has 2 aromatic carbocycles. The van der Waals surface area contributed by atoms with Gasteiger partial charge in [-0.25, -0.2) is 8.42 Å². The van der Waals surface area contributed by atoms with Gasteiger partial charge in [0.2, 0.25) is 5.91 Å². The molecular weight excluding hydrogens is 394 g/mol. The molecule has 1 fully saturated rings. The molecule has 154 valence electrons. The van der Waals surface area contributed by atoms with E-state index in [4.69, 9.17) is 4.84 Å². The van der Waals surface area contributed by atoms with Crippen LogP contribution >= 0.6 is 0 Å². The zero-order valence-electron chi connectivity index (χ0n) is 16.3. The molecule has 1 N–H and O–H groups in total. The molecule has 0 aromatic heterocycles. The van der Waals surface area contributed by atoms with E-state index in [0.717, 1.165) is 28.7 Å². The molecule has 29 heavy (non-hydrogen) atoms. The van der Waals surface area contributed by atoms with Crippen LogP contribution in [0, 0.1) is 0 Å². The van der Waals surface area contributed by atoms with Crippen molar-refractivity contribution in [2.24, 2.45) is 0 Å². The highest BCUT2D eigenvalue weighted by atomic mass is 32.2. The van der Waals surface area contributed by atoms with Crippen LogP contribution in [0.1, 0.15) is 28.8 Å². The molecule has 3 rings (SSSR count). The summed E-state index contributed by atoms with van der Waals surface area (Å²) in [6.07, 6.45) is 1.46. The van der Waals surface area contributed by atoms with Gasteiger partial charge in [-0.3, -0.25) is 14.4 Å². The first-order valence-corrected chi connectivity index (χ1v) is 10.6. The van der Waals surface area contributed by atoms with Gasteiger partial charge in [0, 0.05) is 37.8 Å². The Balaban J connectivity index is 1.60. The van der Waals surface area contributed by atoms with Gasteiger partial charge in [0.1, 0.15) is 0 Å². The number of benzene rings is 2. The molecule has 0 unspecified atom stereocenters. The van der Waals surface area contributed by atoms with Gasteiger partial charge in [-0.1, -0.05) is 16.6 Å². The monoisotopic (exact) mass is 417 g/mol. The number of hydrogen-bond donors (Lipinski definition) is 1. The van der Waals surface area contributed by atoms with Crippen molar-refractivity contribution in [2.45, 2.75) is 24.3 Å². The quantitative estimate of drug-likeness (QED) is 0.695. The van der Waals surface area contributed by atoms with Gasteiger partial charge in [0.15, 0.2) is 0 Å². The average molecular weight is 417 g/mol. The molecule has 0 spiro atoms. The summed E-state index contributed by atoms with van der Waals surface area (Å²) in [5.74, 6) is -0.180. The molecule has 0 atom stereocenters. The van der Waals surface area contributed by atoms with Crippen molar-refractivity contribution in [3.63, 3.8) is 0 Å². The highest BCUT2D eigenvalue weighted by Gasteiger charge is 2.22. The van der Waals surface area contributed by atoms with Gasteiger partial charge < -0.3 is 10.2 Å².